The molecule has 1 aliphatic heterocycles. The molecule has 1 aromatic carbocycles. The second-order valence-electron chi connectivity index (χ2n) is 5.61. The van der Waals surface area contributed by atoms with Crippen LogP contribution in [0.2, 0.25) is 0 Å². The average Bonchev–Trinajstić information content (AvgIpc) is 2.83. The van der Waals surface area contributed by atoms with Gasteiger partial charge < -0.3 is 15.3 Å². The van der Waals surface area contributed by atoms with Crippen molar-refractivity contribution < 1.29 is 18.3 Å². The normalized spacial score (nSPS) is 22.2. The zero-order valence-electron chi connectivity index (χ0n) is 12.2. The molecule has 0 aliphatic carbocycles. The number of benzene rings is 1. The minimum absolute atomic E-state index is 0.114. The number of nitrogens with one attached hydrogen (secondary N) is 1. The number of carbonyl (C=O) groups is 1. The molecule has 2 rings (SSSR count). The number of hydrogen-bond donors (Lipinski definition) is 2. The summed E-state index contributed by atoms with van der Waals surface area (Å²) in [5, 5.41) is 13.3. The van der Waals surface area contributed by atoms with Gasteiger partial charge in [-0.25, -0.2) is 8.42 Å². The van der Waals surface area contributed by atoms with Gasteiger partial charge in [0.2, 0.25) is 0 Å². The first-order valence-electron chi connectivity index (χ1n) is 6.70. The highest BCUT2D eigenvalue weighted by molar-refractivity contribution is 7.90. The van der Waals surface area contributed by atoms with Crippen LogP contribution in [0.1, 0.15) is 16.8 Å². The van der Waals surface area contributed by atoms with Crippen molar-refractivity contribution in [2.45, 2.75) is 16.9 Å². The molecule has 1 aliphatic rings. The predicted molar refractivity (Wildman–Crippen MR) is 78.9 cm³/mol. The summed E-state index contributed by atoms with van der Waals surface area (Å²) in [4.78, 5) is 13.9. The average molecular weight is 312 g/mol. The number of sulfone groups is 1. The smallest absolute Gasteiger partial charge is 0.253 e. The van der Waals surface area contributed by atoms with Crippen LogP contribution < -0.4 is 5.32 Å². The van der Waals surface area contributed by atoms with E-state index in [0.29, 0.717) is 18.5 Å². The number of carbonyl (C=O) groups excluding carboxylic acids is 1. The lowest BCUT2D eigenvalue weighted by Gasteiger charge is -2.28. The monoisotopic (exact) mass is 312 g/mol. The summed E-state index contributed by atoms with van der Waals surface area (Å²) in [6, 6.07) is 5.94. The van der Waals surface area contributed by atoms with Gasteiger partial charge in [0.1, 0.15) is 0 Å². The topological polar surface area (TPSA) is 86.7 Å². The van der Waals surface area contributed by atoms with E-state index in [-0.39, 0.29) is 17.3 Å². The first-order valence-corrected chi connectivity index (χ1v) is 8.59. The van der Waals surface area contributed by atoms with Crippen LogP contribution >= 0.6 is 0 Å². The number of likely N-dealkylation sites (N-methyl/N-ethyl adjacent to an activating group) is 1. The number of nitrogens with zero attached hydrogens (tertiary/aromatic N) is 1. The molecule has 6 nitrogen and oxygen atoms in total. The number of aliphatic hydroxyl groups is 1. The Morgan fingerprint density at radius 1 is 1.48 bits per heavy atom. The van der Waals surface area contributed by atoms with E-state index < -0.39 is 15.4 Å². The third kappa shape index (κ3) is 3.81. The lowest BCUT2D eigenvalue weighted by Crippen LogP contribution is -2.45. The minimum atomic E-state index is -3.35. The summed E-state index contributed by atoms with van der Waals surface area (Å²) < 4.78 is 23.1. The molecule has 1 unspecified atom stereocenters. The van der Waals surface area contributed by atoms with E-state index in [4.69, 9.17) is 0 Å². The van der Waals surface area contributed by atoms with Gasteiger partial charge in [0, 0.05) is 25.4 Å². The van der Waals surface area contributed by atoms with Crippen LogP contribution in [0, 0.1) is 0 Å². The molecule has 2 N–H and O–H groups in total. The molecule has 1 saturated heterocycles. The second kappa shape index (κ2) is 5.75. The van der Waals surface area contributed by atoms with Gasteiger partial charge in [0.25, 0.3) is 5.91 Å². The van der Waals surface area contributed by atoms with Crippen molar-refractivity contribution >= 4 is 15.7 Å². The molecule has 0 aromatic heterocycles. The van der Waals surface area contributed by atoms with Crippen LogP contribution in [0.15, 0.2) is 29.2 Å². The Labute approximate surface area is 124 Å². The lowest BCUT2D eigenvalue weighted by molar-refractivity contribution is 0.0252. The van der Waals surface area contributed by atoms with Gasteiger partial charge in [-0.15, -0.1) is 0 Å². The van der Waals surface area contributed by atoms with E-state index >= 15 is 0 Å². The molecule has 0 saturated carbocycles. The Balaban J connectivity index is 2.16. The van der Waals surface area contributed by atoms with Gasteiger partial charge in [-0.2, -0.15) is 0 Å². The van der Waals surface area contributed by atoms with Gasteiger partial charge in [-0.3, -0.25) is 4.79 Å². The van der Waals surface area contributed by atoms with Crippen molar-refractivity contribution in [2.24, 2.45) is 0 Å². The van der Waals surface area contributed by atoms with E-state index in [1.807, 2.05) is 0 Å². The summed E-state index contributed by atoms with van der Waals surface area (Å²) >= 11 is 0. The third-order valence-electron chi connectivity index (χ3n) is 3.61. The predicted octanol–water partition coefficient (Wildman–Crippen LogP) is -0.113. The second-order valence-corrected chi connectivity index (χ2v) is 7.63. The van der Waals surface area contributed by atoms with Crippen molar-refractivity contribution in [1.82, 2.24) is 10.2 Å². The molecule has 1 amide bonds. The molecule has 1 atom stereocenters. The Morgan fingerprint density at radius 2 is 2.19 bits per heavy atom. The van der Waals surface area contributed by atoms with Gasteiger partial charge in [-0.1, -0.05) is 6.07 Å². The summed E-state index contributed by atoms with van der Waals surface area (Å²) in [6.07, 6.45) is 1.70. The highest BCUT2D eigenvalue weighted by Crippen LogP contribution is 2.18. The zero-order chi connectivity index (χ0) is 15.7. The van der Waals surface area contributed by atoms with E-state index in [2.05, 4.69) is 5.32 Å². The fourth-order valence-corrected chi connectivity index (χ4v) is 3.13. The van der Waals surface area contributed by atoms with Crippen LogP contribution in [0.5, 0.6) is 0 Å². The van der Waals surface area contributed by atoms with Gasteiger partial charge in [0.05, 0.1) is 17.0 Å². The molecule has 0 spiro atoms. The Hall–Kier alpha value is -1.44. The van der Waals surface area contributed by atoms with Crippen molar-refractivity contribution in [1.29, 1.82) is 0 Å². The minimum Gasteiger partial charge on any atom is -0.387 e. The fraction of sp³-hybridized carbons (Fsp3) is 0.500. The van der Waals surface area contributed by atoms with E-state index in [1.54, 1.807) is 19.2 Å². The van der Waals surface area contributed by atoms with Crippen LogP contribution in [-0.2, 0) is 9.84 Å². The van der Waals surface area contributed by atoms with Crippen molar-refractivity contribution in [3.05, 3.63) is 29.8 Å². The number of hydrogen-bond acceptors (Lipinski definition) is 5. The van der Waals surface area contributed by atoms with E-state index in [1.165, 1.54) is 17.0 Å². The number of β-amino-alcohol motifs (C(OH)–C–C–N with tert-alkyl or cyclic N) is 1. The van der Waals surface area contributed by atoms with Crippen LogP contribution in [0.3, 0.4) is 0 Å². The van der Waals surface area contributed by atoms with Gasteiger partial charge in [-0.05, 0) is 31.2 Å². The molecule has 0 bridgehead atoms. The van der Waals surface area contributed by atoms with Crippen molar-refractivity contribution in [3.8, 4) is 0 Å². The Bertz CT molecular complexity index is 636. The molecule has 1 aromatic rings. The molecule has 7 heteroatoms. The maximum absolute atomic E-state index is 12.4. The molecule has 21 heavy (non-hydrogen) atoms. The highest BCUT2D eigenvalue weighted by Gasteiger charge is 2.33. The SMILES string of the molecule is CN(CC1(O)CCNC1)C(=O)c1cccc(S(C)(=O)=O)c1. The van der Waals surface area contributed by atoms with Gasteiger partial charge >= 0.3 is 0 Å². The van der Waals surface area contributed by atoms with E-state index in [0.717, 1.165) is 12.8 Å². The first kappa shape index (κ1) is 15.9. The van der Waals surface area contributed by atoms with Crippen molar-refractivity contribution in [2.75, 3.05) is 32.9 Å². The number of rotatable bonds is 4. The van der Waals surface area contributed by atoms with Crippen LogP contribution in [0.4, 0.5) is 0 Å². The van der Waals surface area contributed by atoms with Crippen LogP contribution in [0.25, 0.3) is 0 Å². The fourth-order valence-electron chi connectivity index (χ4n) is 2.46. The zero-order valence-corrected chi connectivity index (χ0v) is 13.0. The summed E-state index contributed by atoms with van der Waals surface area (Å²) in [5.41, 5.74) is -0.617. The molecule has 1 fully saturated rings. The van der Waals surface area contributed by atoms with Gasteiger partial charge in [0.15, 0.2) is 9.84 Å². The highest BCUT2D eigenvalue weighted by atomic mass is 32.2. The van der Waals surface area contributed by atoms with E-state index in [9.17, 15) is 18.3 Å². The Morgan fingerprint density at radius 3 is 2.76 bits per heavy atom. The third-order valence-corrected chi connectivity index (χ3v) is 4.72. The standard InChI is InChI=1S/C14H20N2O4S/c1-16(10-14(18)6-7-15-9-14)13(17)11-4-3-5-12(8-11)21(2,19)20/h3-5,8,15,18H,6-7,9-10H2,1-2H3. The quantitative estimate of drug-likeness (QED) is 0.810. The number of amides is 1. The van der Waals surface area contributed by atoms with Crippen molar-refractivity contribution in [3.63, 3.8) is 0 Å². The lowest BCUT2D eigenvalue weighted by atomic mass is 10.0. The summed E-state index contributed by atoms with van der Waals surface area (Å²) in [6.45, 7) is 1.39. The van der Waals surface area contributed by atoms with Crippen LogP contribution in [-0.4, -0.2) is 62.9 Å². The first-order chi connectivity index (χ1) is 9.71. The molecule has 0 radical (unpaired) electrons. The molecular weight excluding hydrogens is 292 g/mol. The molecule has 1 heterocycles. The largest absolute Gasteiger partial charge is 0.387 e. The molecular formula is C14H20N2O4S. The Kier molecular flexibility index (Phi) is 4.36. The molecule has 116 valence electrons. The maximum atomic E-state index is 12.4. The summed E-state index contributed by atoms with van der Waals surface area (Å²) in [7, 11) is -1.75. The maximum Gasteiger partial charge on any atom is 0.253 e. The summed E-state index contributed by atoms with van der Waals surface area (Å²) in [5.74, 6) is -0.305.